The van der Waals surface area contributed by atoms with Crippen LogP contribution >= 0.6 is 22.7 Å². The van der Waals surface area contributed by atoms with Crippen LogP contribution < -0.4 is 5.32 Å². The number of aryl methyl sites for hydroxylation is 1. The van der Waals surface area contributed by atoms with E-state index in [1.165, 1.54) is 26.8 Å². The molecule has 2 heterocycles. The van der Waals surface area contributed by atoms with Gasteiger partial charge in [0.2, 0.25) is 0 Å². The van der Waals surface area contributed by atoms with Crippen molar-refractivity contribution in [2.24, 2.45) is 0 Å². The van der Waals surface area contributed by atoms with Crippen molar-refractivity contribution in [3.8, 4) is 0 Å². The largest absolute Gasteiger partial charge is 0.309 e. The Morgan fingerprint density at radius 3 is 2.61 bits per heavy atom. The molecule has 0 amide bonds. The van der Waals surface area contributed by atoms with Gasteiger partial charge >= 0.3 is 0 Å². The molecule has 1 unspecified atom stereocenters. The van der Waals surface area contributed by atoms with Crippen molar-refractivity contribution in [2.45, 2.75) is 13.0 Å². The minimum atomic E-state index is 0.299. The molecule has 0 fully saturated rings. The summed E-state index contributed by atoms with van der Waals surface area (Å²) in [5.74, 6) is 0. The van der Waals surface area contributed by atoms with Gasteiger partial charge in [-0.3, -0.25) is 0 Å². The number of nitrogens with one attached hydrogen (secondary N) is 1. The highest BCUT2D eigenvalue weighted by Crippen LogP contribution is 2.35. The standard InChI is InChI=1S/C15H15NS2/c1-10-7-17-8-12(10)15(16-2)13-9-18-14-6-4-3-5-11(13)14/h3-9,15-16H,1-2H3. The maximum absolute atomic E-state index is 3.45. The smallest absolute Gasteiger partial charge is 0.0599 e. The van der Waals surface area contributed by atoms with Crippen LogP contribution in [0.2, 0.25) is 0 Å². The summed E-state index contributed by atoms with van der Waals surface area (Å²) in [5, 5.41) is 11.6. The number of hydrogen-bond acceptors (Lipinski definition) is 3. The van der Waals surface area contributed by atoms with Crippen molar-refractivity contribution < 1.29 is 0 Å². The lowest BCUT2D eigenvalue weighted by Crippen LogP contribution is -2.17. The van der Waals surface area contributed by atoms with Crippen LogP contribution in [0.5, 0.6) is 0 Å². The molecular weight excluding hydrogens is 258 g/mol. The zero-order chi connectivity index (χ0) is 12.5. The zero-order valence-corrected chi connectivity index (χ0v) is 12.1. The lowest BCUT2D eigenvalue weighted by molar-refractivity contribution is 0.697. The molecule has 0 saturated carbocycles. The second-order valence-electron chi connectivity index (χ2n) is 4.42. The summed E-state index contributed by atoms with van der Waals surface area (Å²) < 4.78 is 1.36. The van der Waals surface area contributed by atoms with Crippen LogP contribution in [0.1, 0.15) is 22.7 Å². The van der Waals surface area contributed by atoms with Crippen LogP contribution in [0.4, 0.5) is 0 Å². The van der Waals surface area contributed by atoms with Gasteiger partial charge in [0.1, 0.15) is 0 Å². The van der Waals surface area contributed by atoms with Crippen LogP contribution in [0.3, 0.4) is 0 Å². The van der Waals surface area contributed by atoms with E-state index < -0.39 is 0 Å². The van der Waals surface area contributed by atoms with Gasteiger partial charge in [-0.25, -0.2) is 0 Å². The molecule has 3 rings (SSSR count). The Morgan fingerprint density at radius 2 is 1.89 bits per heavy atom. The molecule has 0 bridgehead atoms. The molecule has 3 aromatic rings. The maximum Gasteiger partial charge on any atom is 0.0599 e. The molecule has 1 atom stereocenters. The fourth-order valence-electron chi connectivity index (χ4n) is 2.37. The lowest BCUT2D eigenvalue weighted by atomic mass is 9.98. The van der Waals surface area contributed by atoms with Crippen molar-refractivity contribution >= 4 is 32.8 Å². The summed E-state index contributed by atoms with van der Waals surface area (Å²) in [4.78, 5) is 0. The molecular formula is C15H15NS2. The van der Waals surface area contributed by atoms with E-state index in [0.717, 1.165) is 0 Å². The van der Waals surface area contributed by atoms with E-state index in [4.69, 9.17) is 0 Å². The number of hydrogen-bond donors (Lipinski definition) is 1. The normalized spacial score (nSPS) is 13.0. The number of fused-ring (bicyclic) bond motifs is 1. The van der Waals surface area contributed by atoms with Gasteiger partial charge in [-0.2, -0.15) is 11.3 Å². The molecule has 1 nitrogen and oxygen atoms in total. The van der Waals surface area contributed by atoms with E-state index in [2.05, 4.69) is 52.6 Å². The second-order valence-corrected chi connectivity index (χ2v) is 6.07. The third kappa shape index (κ3) is 1.88. The first-order valence-corrected chi connectivity index (χ1v) is 7.79. The van der Waals surface area contributed by atoms with Gasteiger partial charge in [0.05, 0.1) is 6.04 Å². The van der Waals surface area contributed by atoms with Gasteiger partial charge in [0.25, 0.3) is 0 Å². The van der Waals surface area contributed by atoms with Gasteiger partial charge in [-0.1, -0.05) is 18.2 Å². The Balaban J connectivity index is 2.15. The Morgan fingerprint density at radius 1 is 1.06 bits per heavy atom. The summed E-state index contributed by atoms with van der Waals surface area (Å²) in [6, 6.07) is 8.93. The van der Waals surface area contributed by atoms with Crippen LogP contribution in [-0.2, 0) is 0 Å². The summed E-state index contributed by atoms with van der Waals surface area (Å²) in [6.07, 6.45) is 0. The highest BCUT2D eigenvalue weighted by Gasteiger charge is 2.18. The molecule has 0 aliphatic carbocycles. The summed E-state index contributed by atoms with van der Waals surface area (Å²) in [6.45, 7) is 2.19. The Labute approximate surface area is 115 Å². The van der Waals surface area contributed by atoms with Crippen molar-refractivity contribution in [1.82, 2.24) is 5.32 Å². The molecule has 18 heavy (non-hydrogen) atoms. The molecule has 0 radical (unpaired) electrons. The molecule has 0 spiro atoms. The highest BCUT2D eigenvalue weighted by molar-refractivity contribution is 7.17. The number of thiophene rings is 2. The fraction of sp³-hybridized carbons (Fsp3) is 0.200. The zero-order valence-electron chi connectivity index (χ0n) is 10.4. The first-order valence-electron chi connectivity index (χ1n) is 5.97. The van der Waals surface area contributed by atoms with Crippen molar-refractivity contribution in [2.75, 3.05) is 7.05 Å². The third-order valence-electron chi connectivity index (χ3n) is 3.32. The highest BCUT2D eigenvalue weighted by atomic mass is 32.1. The lowest BCUT2D eigenvalue weighted by Gasteiger charge is -2.16. The van der Waals surface area contributed by atoms with Gasteiger partial charge in [-0.15, -0.1) is 11.3 Å². The van der Waals surface area contributed by atoms with Gasteiger partial charge in [0, 0.05) is 4.70 Å². The van der Waals surface area contributed by atoms with E-state index in [1.807, 2.05) is 18.4 Å². The molecule has 1 aromatic carbocycles. The quantitative estimate of drug-likeness (QED) is 0.736. The molecule has 0 saturated heterocycles. The van der Waals surface area contributed by atoms with Crippen molar-refractivity contribution in [3.63, 3.8) is 0 Å². The summed E-state index contributed by atoms with van der Waals surface area (Å²) in [7, 11) is 2.04. The van der Waals surface area contributed by atoms with Crippen molar-refractivity contribution in [3.05, 3.63) is 57.1 Å². The SMILES string of the molecule is CNC(c1cscc1C)c1csc2ccccc12. The molecule has 3 heteroatoms. The monoisotopic (exact) mass is 273 g/mol. The molecule has 92 valence electrons. The van der Waals surface area contributed by atoms with E-state index >= 15 is 0 Å². The van der Waals surface area contributed by atoms with E-state index in [9.17, 15) is 0 Å². The summed E-state index contributed by atoms with van der Waals surface area (Å²) >= 11 is 3.60. The minimum absolute atomic E-state index is 0.299. The van der Waals surface area contributed by atoms with Crippen LogP contribution in [-0.4, -0.2) is 7.05 Å². The van der Waals surface area contributed by atoms with Crippen LogP contribution in [0, 0.1) is 6.92 Å². The van der Waals surface area contributed by atoms with E-state index in [1.54, 1.807) is 11.3 Å². The Bertz CT molecular complexity index is 666. The summed E-state index contributed by atoms with van der Waals surface area (Å²) in [5.41, 5.74) is 4.15. The topological polar surface area (TPSA) is 12.0 Å². The Hall–Kier alpha value is -1.16. The Kier molecular flexibility index (Phi) is 3.20. The minimum Gasteiger partial charge on any atom is -0.309 e. The van der Waals surface area contributed by atoms with Gasteiger partial charge < -0.3 is 5.32 Å². The molecule has 0 aliphatic rings. The average Bonchev–Trinajstić information content (AvgIpc) is 2.99. The second kappa shape index (κ2) is 4.84. The van der Waals surface area contributed by atoms with Gasteiger partial charge in [0.15, 0.2) is 0 Å². The number of benzene rings is 1. The molecule has 0 aliphatic heterocycles. The first kappa shape index (κ1) is 11.9. The maximum atomic E-state index is 3.45. The van der Waals surface area contributed by atoms with Crippen LogP contribution in [0.15, 0.2) is 40.4 Å². The third-order valence-corrected chi connectivity index (χ3v) is 5.18. The fourth-order valence-corrected chi connectivity index (χ4v) is 4.23. The van der Waals surface area contributed by atoms with E-state index in [-0.39, 0.29) is 0 Å². The van der Waals surface area contributed by atoms with E-state index in [0.29, 0.717) is 6.04 Å². The predicted octanol–water partition coefficient (Wildman–Crippen LogP) is 4.58. The van der Waals surface area contributed by atoms with Crippen molar-refractivity contribution in [1.29, 1.82) is 0 Å². The number of rotatable bonds is 3. The molecule has 1 N–H and O–H groups in total. The van der Waals surface area contributed by atoms with Crippen LogP contribution in [0.25, 0.3) is 10.1 Å². The first-order chi connectivity index (χ1) is 8.81. The average molecular weight is 273 g/mol. The van der Waals surface area contributed by atoms with Gasteiger partial charge in [-0.05, 0) is 58.3 Å². The predicted molar refractivity (Wildman–Crippen MR) is 81.8 cm³/mol. The molecule has 2 aromatic heterocycles.